The van der Waals surface area contributed by atoms with Crippen molar-refractivity contribution in [3.05, 3.63) is 57.0 Å². The number of halogens is 1. The fourth-order valence-corrected chi connectivity index (χ4v) is 3.08. The van der Waals surface area contributed by atoms with Crippen molar-refractivity contribution in [2.45, 2.75) is 6.42 Å². The lowest BCUT2D eigenvalue weighted by Crippen LogP contribution is -2.26. The molecule has 3 rings (SSSR count). The summed E-state index contributed by atoms with van der Waals surface area (Å²) >= 11 is 5.07. The van der Waals surface area contributed by atoms with Crippen LogP contribution in [0.5, 0.6) is 0 Å². The topological polar surface area (TPSA) is 72.7 Å². The van der Waals surface area contributed by atoms with E-state index < -0.39 is 0 Å². The highest BCUT2D eigenvalue weighted by atomic mass is 79.9. The lowest BCUT2D eigenvalue weighted by Gasteiger charge is -2.09. The van der Waals surface area contributed by atoms with Crippen molar-refractivity contribution in [1.29, 1.82) is 0 Å². The summed E-state index contributed by atoms with van der Waals surface area (Å²) in [5.41, 5.74) is 1.16. The van der Waals surface area contributed by atoms with Crippen molar-refractivity contribution >= 4 is 33.2 Å². The molecule has 2 aromatic heterocycles. The minimum absolute atomic E-state index is 0.150. The Morgan fingerprint density at radius 3 is 3.00 bits per heavy atom. The quantitative estimate of drug-likeness (QED) is 0.740. The summed E-state index contributed by atoms with van der Waals surface area (Å²) in [6.07, 6.45) is 2.28. The van der Waals surface area contributed by atoms with Crippen molar-refractivity contribution in [1.82, 2.24) is 25.5 Å². The van der Waals surface area contributed by atoms with Crippen molar-refractivity contribution in [3.8, 4) is 5.69 Å². The van der Waals surface area contributed by atoms with E-state index >= 15 is 0 Å². The van der Waals surface area contributed by atoms with Gasteiger partial charge in [-0.2, -0.15) is 4.68 Å². The molecule has 1 aromatic carbocycles. The Morgan fingerprint density at radius 1 is 1.36 bits per heavy atom. The van der Waals surface area contributed by atoms with E-state index in [2.05, 4.69) is 42.8 Å². The van der Waals surface area contributed by atoms with Crippen LogP contribution in [0.2, 0.25) is 0 Å². The summed E-state index contributed by atoms with van der Waals surface area (Å²) in [6.45, 7) is 0.584. The number of hydrogen-bond donors (Lipinski definition) is 1. The maximum atomic E-state index is 12.4. The molecule has 0 radical (unpaired) electrons. The minimum atomic E-state index is -0.150. The van der Waals surface area contributed by atoms with Crippen LogP contribution in [0.15, 0.2) is 46.5 Å². The van der Waals surface area contributed by atoms with Crippen molar-refractivity contribution < 1.29 is 4.79 Å². The molecule has 0 fully saturated rings. The molecule has 6 nitrogen and oxygen atoms in total. The van der Waals surface area contributed by atoms with Gasteiger partial charge in [-0.3, -0.25) is 4.79 Å². The normalized spacial score (nSPS) is 10.6. The lowest BCUT2D eigenvalue weighted by atomic mass is 10.1. The molecule has 0 spiro atoms. The van der Waals surface area contributed by atoms with Crippen LogP contribution in [0.25, 0.3) is 5.69 Å². The Kier molecular flexibility index (Phi) is 4.59. The number of amides is 1. The van der Waals surface area contributed by atoms with Gasteiger partial charge < -0.3 is 5.32 Å². The largest absolute Gasteiger partial charge is 0.352 e. The van der Waals surface area contributed by atoms with Gasteiger partial charge in [0.2, 0.25) is 0 Å². The monoisotopic (exact) mass is 377 g/mol. The lowest BCUT2D eigenvalue weighted by molar-refractivity contribution is 0.0954. The molecule has 0 aliphatic heterocycles. The third kappa shape index (κ3) is 3.40. The van der Waals surface area contributed by atoms with Crippen LogP contribution in [0, 0.1) is 0 Å². The van der Waals surface area contributed by atoms with Gasteiger partial charge in [-0.15, -0.1) is 16.4 Å². The van der Waals surface area contributed by atoms with Gasteiger partial charge in [0.1, 0.15) is 6.33 Å². The maximum absolute atomic E-state index is 12.4. The molecule has 112 valence electrons. The van der Waals surface area contributed by atoms with Crippen LogP contribution >= 0.6 is 27.3 Å². The highest BCUT2D eigenvalue weighted by molar-refractivity contribution is 9.10. The van der Waals surface area contributed by atoms with Crippen molar-refractivity contribution in [2.75, 3.05) is 6.54 Å². The number of thiophene rings is 1. The van der Waals surface area contributed by atoms with Gasteiger partial charge in [-0.05, 0) is 46.5 Å². The van der Waals surface area contributed by atoms with Crippen LogP contribution in [0.3, 0.4) is 0 Å². The Balaban J connectivity index is 1.75. The molecule has 0 bridgehead atoms. The van der Waals surface area contributed by atoms with Crippen molar-refractivity contribution in [2.24, 2.45) is 0 Å². The van der Waals surface area contributed by atoms with Gasteiger partial charge in [0.15, 0.2) is 0 Å². The third-order valence-electron chi connectivity index (χ3n) is 3.04. The van der Waals surface area contributed by atoms with E-state index in [1.807, 2.05) is 17.5 Å². The average Bonchev–Trinajstić information content (AvgIpc) is 3.20. The first-order valence-corrected chi connectivity index (χ1v) is 8.25. The second-order valence-electron chi connectivity index (χ2n) is 4.50. The van der Waals surface area contributed by atoms with Crippen LogP contribution in [-0.4, -0.2) is 32.7 Å². The fraction of sp³-hybridized carbons (Fsp3) is 0.143. The first-order valence-electron chi connectivity index (χ1n) is 6.57. The SMILES string of the molecule is O=C(NCCc1cccs1)c1cc(Br)ccc1-n1cnnn1. The number of tetrazole rings is 1. The predicted octanol–water partition coefficient (Wildman–Crippen LogP) is 2.46. The maximum Gasteiger partial charge on any atom is 0.253 e. The number of rotatable bonds is 5. The van der Waals surface area contributed by atoms with E-state index in [0.29, 0.717) is 17.8 Å². The zero-order valence-electron chi connectivity index (χ0n) is 11.4. The number of carbonyl (C=O) groups excluding carboxylic acids is 1. The summed E-state index contributed by atoms with van der Waals surface area (Å²) in [7, 11) is 0. The minimum Gasteiger partial charge on any atom is -0.352 e. The van der Waals surface area contributed by atoms with Gasteiger partial charge in [-0.1, -0.05) is 22.0 Å². The highest BCUT2D eigenvalue weighted by Gasteiger charge is 2.14. The van der Waals surface area contributed by atoms with Gasteiger partial charge in [0, 0.05) is 15.9 Å². The van der Waals surface area contributed by atoms with Gasteiger partial charge in [0.05, 0.1) is 11.3 Å². The number of hydrogen-bond acceptors (Lipinski definition) is 5. The molecule has 8 heteroatoms. The van der Waals surface area contributed by atoms with Gasteiger partial charge in [-0.25, -0.2) is 0 Å². The highest BCUT2D eigenvalue weighted by Crippen LogP contribution is 2.19. The summed E-state index contributed by atoms with van der Waals surface area (Å²) in [5.74, 6) is -0.150. The van der Waals surface area contributed by atoms with Gasteiger partial charge >= 0.3 is 0 Å². The van der Waals surface area contributed by atoms with Crippen LogP contribution in [-0.2, 0) is 6.42 Å². The molecule has 0 unspecified atom stereocenters. The smallest absolute Gasteiger partial charge is 0.253 e. The van der Waals surface area contributed by atoms with Crippen LogP contribution in [0.4, 0.5) is 0 Å². The van der Waals surface area contributed by atoms with Crippen LogP contribution < -0.4 is 5.32 Å². The van der Waals surface area contributed by atoms with E-state index in [1.54, 1.807) is 23.5 Å². The summed E-state index contributed by atoms with van der Waals surface area (Å²) in [4.78, 5) is 13.7. The Hall–Kier alpha value is -2.06. The van der Waals surface area contributed by atoms with E-state index in [1.165, 1.54) is 15.9 Å². The molecule has 1 N–H and O–H groups in total. The first-order chi connectivity index (χ1) is 10.7. The number of benzene rings is 1. The molecule has 1 amide bonds. The second kappa shape index (κ2) is 6.80. The number of aromatic nitrogens is 4. The standard InChI is InChI=1S/C14H12BrN5OS/c15-10-3-4-13(20-9-17-18-19-20)12(8-10)14(21)16-6-5-11-2-1-7-22-11/h1-4,7-9H,5-6H2,(H,16,21). The van der Waals surface area contributed by atoms with Crippen molar-refractivity contribution in [3.63, 3.8) is 0 Å². The molecule has 3 aromatic rings. The second-order valence-corrected chi connectivity index (χ2v) is 6.45. The van der Waals surface area contributed by atoms with E-state index in [-0.39, 0.29) is 5.91 Å². The number of carbonyl (C=O) groups is 1. The zero-order chi connectivity index (χ0) is 15.4. The number of nitrogens with zero attached hydrogens (tertiary/aromatic N) is 4. The predicted molar refractivity (Wildman–Crippen MR) is 87.2 cm³/mol. The van der Waals surface area contributed by atoms with Gasteiger partial charge in [0.25, 0.3) is 5.91 Å². The van der Waals surface area contributed by atoms with E-state index in [0.717, 1.165) is 10.9 Å². The molecular formula is C14H12BrN5OS. The summed E-state index contributed by atoms with van der Waals surface area (Å²) in [5, 5.41) is 16.0. The molecule has 0 saturated heterocycles. The summed E-state index contributed by atoms with van der Waals surface area (Å²) in [6, 6.07) is 9.47. The first kappa shape index (κ1) is 14.9. The molecule has 0 aliphatic rings. The molecule has 22 heavy (non-hydrogen) atoms. The van der Waals surface area contributed by atoms with Crippen LogP contribution in [0.1, 0.15) is 15.2 Å². The molecule has 0 aliphatic carbocycles. The Bertz CT molecular complexity index is 758. The number of nitrogens with one attached hydrogen (secondary N) is 1. The fourth-order valence-electron chi connectivity index (χ4n) is 2.01. The Labute approximate surface area is 139 Å². The zero-order valence-corrected chi connectivity index (χ0v) is 13.8. The molecule has 0 saturated carbocycles. The Morgan fingerprint density at radius 2 is 2.27 bits per heavy atom. The summed E-state index contributed by atoms with van der Waals surface area (Å²) < 4.78 is 2.30. The molecule has 0 atom stereocenters. The van der Waals surface area contributed by atoms with E-state index in [4.69, 9.17) is 0 Å². The molecular weight excluding hydrogens is 366 g/mol. The third-order valence-corrected chi connectivity index (χ3v) is 4.47. The van der Waals surface area contributed by atoms with E-state index in [9.17, 15) is 4.79 Å². The average molecular weight is 378 g/mol. The molecule has 2 heterocycles.